The minimum atomic E-state index is -0.233. The van der Waals surface area contributed by atoms with E-state index in [9.17, 15) is 4.79 Å². The minimum Gasteiger partial charge on any atom is -0.411 e. The average molecular weight is 220 g/mol. The predicted octanol–water partition coefficient (Wildman–Crippen LogP) is 1.49. The van der Waals surface area contributed by atoms with E-state index in [2.05, 4.69) is 5.16 Å². The number of hydroxylamine groups is 1. The van der Waals surface area contributed by atoms with Crippen LogP contribution in [0.2, 0.25) is 0 Å². The molecule has 5 heteroatoms. The SMILES string of the molecule is Cc1ccc(N2OCC(=NO)CC2=O)cc1. The van der Waals surface area contributed by atoms with Crippen molar-refractivity contribution in [3.63, 3.8) is 0 Å². The van der Waals surface area contributed by atoms with Gasteiger partial charge in [0.15, 0.2) is 0 Å². The van der Waals surface area contributed by atoms with Crippen molar-refractivity contribution in [2.24, 2.45) is 5.16 Å². The molecular formula is C11H12N2O3. The second-order valence-corrected chi connectivity index (χ2v) is 3.64. The normalized spacial score (nSPS) is 19.2. The molecule has 1 amide bonds. The van der Waals surface area contributed by atoms with Gasteiger partial charge in [-0.25, -0.2) is 0 Å². The number of benzene rings is 1. The lowest BCUT2D eigenvalue weighted by Crippen LogP contribution is -2.40. The van der Waals surface area contributed by atoms with Gasteiger partial charge in [0.05, 0.1) is 17.8 Å². The summed E-state index contributed by atoms with van der Waals surface area (Å²) >= 11 is 0. The number of amides is 1. The molecule has 1 aliphatic heterocycles. The highest BCUT2D eigenvalue weighted by Crippen LogP contribution is 2.19. The fraction of sp³-hybridized carbons (Fsp3) is 0.273. The fourth-order valence-electron chi connectivity index (χ4n) is 1.47. The Labute approximate surface area is 92.9 Å². The van der Waals surface area contributed by atoms with Gasteiger partial charge in [-0.2, -0.15) is 5.06 Å². The zero-order valence-corrected chi connectivity index (χ0v) is 8.88. The van der Waals surface area contributed by atoms with Crippen LogP contribution in [0.25, 0.3) is 0 Å². The molecule has 1 saturated heterocycles. The van der Waals surface area contributed by atoms with Gasteiger partial charge in [0, 0.05) is 0 Å². The van der Waals surface area contributed by atoms with Gasteiger partial charge in [0.2, 0.25) is 0 Å². The van der Waals surface area contributed by atoms with Gasteiger partial charge in [-0.05, 0) is 19.1 Å². The third kappa shape index (κ3) is 2.04. The standard InChI is InChI=1S/C11H12N2O3/c1-8-2-4-10(5-3-8)13-11(14)6-9(12-15)7-16-13/h2-5,15H,6-7H2,1H3. The van der Waals surface area contributed by atoms with Crippen LogP contribution in [-0.4, -0.2) is 23.4 Å². The molecule has 1 N–H and O–H groups in total. The molecule has 0 unspecified atom stereocenters. The van der Waals surface area contributed by atoms with Crippen LogP contribution < -0.4 is 5.06 Å². The van der Waals surface area contributed by atoms with Crippen molar-refractivity contribution in [1.29, 1.82) is 0 Å². The molecule has 2 rings (SSSR count). The van der Waals surface area contributed by atoms with Crippen LogP contribution in [0, 0.1) is 6.92 Å². The Bertz CT molecular complexity index is 425. The molecule has 0 bridgehead atoms. The number of rotatable bonds is 1. The Morgan fingerprint density at radius 2 is 2.06 bits per heavy atom. The van der Waals surface area contributed by atoms with Crippen molar-refractivity contribution in [2.45, 2.75) is 13.3 Å². The molecule has 5 nitrogen and oxygen atoms in total. The smallest absolute Gasteiger partial charge is 0.256 e. The van der Waals surface area contributed by atoms with E-state index >= 15 is 0 Å². The predicted molar refractivity (Wildman–Crippen MR) is 58.5 cm³/mol. The number of hydrogen-bond acceptors (Lipinski definition) is 4. The molecule has 0 aromatic heterocycles. The van der Waals surface area contributed by atoms with Crippen LogP contribution in [0.1, 0.15) is 12.0 Å². The van der Waals surface area contributed by atoms with Crippen LogP contribution >= 0.6 is 0 Å². The van der Waals surface area contributed by atoms with Gasteiger partial charge in [0.25, 0.3) is 5.91 Å². The van der Waals surface area contributed by atoms with E-state index in [4.69, 9.17) is 10.0 Å². The van der Waals surface area contributed by atoms with E-state index in [1.54, 1.807) is 0 Å². The number of nitrogens with zero attached hydrogens (tertiary/aromatic N) is 2. The number of oxime groups is 1. The molecule has 0 radical (unpaired) electrons. The lowest BCUT2D eigenvalue weighted by atomic mass is 10.2. The molecular weight excluding hydrogens is 208 g/mol. The number of carbonyl (C=O) groups excluding carboxylic acids is 1. The van der Waals surface area contributed by atoms with E-state index in [1.807, 2.05) is 31.2 Å². The molecule has 1 aliphatic rings. The largest absolute Gasteiger partial charge is 0.411 e. The summed E-state index contributed by atoms with van der Waals surface area (Å²) in [7, 11) is 0. The van der Waals surface area contributed by atoms with Gasteiger partial charge in [-0.1, -0.05) is 22.9 Å². The number of aryl methyl sites for hydroxylation is 1. The zero-order chi connectivity index (χ0) is 11.5. The Morgan fingerprint density at radius 1 is 1.38 bits per heavy atom. The van der Waals surface area contributed by atoms with Crippen LogP contribution in [0.4, 0.5) is 5.69 Å². The summed E-state index contributed by atoms with van der Waals surface area (Å²) in [6, 6.07) is 7.44. The summed E-state index contributed by atoms with van der Waals surface area (Å²) in [6.45, 7) is 2.11. The molecule has 1 aromatic rings. The first-order valence-corrected chi connectivity index (χ1v) is 4.93. The summed E-state index contributed by atoms with van der Waals surface area (Å²) < 4.78 is 0. The molecule has 16 heavy (non-hydrogen) atoms. The van der Waals surface area contributed by atoms with E-state index in [0.29, 0.717) is 11.4 Å². The summed E-state index contributed by atoms with van der Waals surface area (Å²) in [5, 5.41) is 12.8. The van der Waals surface area contributed by atoms with Gasteiger partial charge in [-0.15, -0.1) is 0 Å². The lowest BCUT2D eigenvalue weighted by Gasteiger charge is -2.26. The highest BCUT2D eigenvalue weighted by Gasteiger charge is 2.25. The van der Waals surface area contributed by atoms with Crippen molar-refractivity contribution in [3.8, 4) is 0 Å². The lowest BCUT2D eigenvalue weighted by molar-refractivity contribution is -0.125. The van der Waals surface area contributed by atoms with Crippen LogP contribution in [-0.2, 0) is 9.63 Å². The van der Waals surface area contributed by atoms with Gasteiger partial charge in [-0.3, -0.25) is 9.63 Å². The molecule has 84 valence electrons. The van der Waals surface area contributed by atoms with Crippen molar-refractivity contribution in [3.05, 3.63) is 29.8 Å². The third-order valence-corrected chi connectivity index (χ3v) is 2.35. The second-order valence-electron chi connectivity index (χ2n) is 3.64. The first-order valence-electron chi connectivity index (χ1n) is 4.93. The van der Waals surface area contributed by atoms with Crippen molar-refractivity contribution < 1.29 is 14.8 Å². The molecule has 1 heterocycles. The van der Waals surface area contributed by atoms with Crippen LogP contribution in [0.5, 0.6) is 0 Å². The maximum atomic E-state index is 11.7. The summed E-state index contributed by atoms with van der Waals surface area (Å²) in [5.41, 5.74) is 2.15. The number of anilines is 1. The summed E-state index contributed by atoms with van der Waals surface area (Å²) in [6.07, 6.45) is 0.0877. The Morgan fingerprint density at radius 3 is 2.62 bits per heavy atom. The fourth-order valence-corrected chi connectivity index (χ4v) is 1.47. The first-order chi connectivity index (χ1) is 7.70. The van der Waals surface area contributed by atoms with Crippen molar-refractivity contribution >= 4 is 17.3 Å². The highest BCUT2D eigenvalue weighted by atomic mass is 16.7. The topological polar surface area (TPSA) is 62.1 Å². The quantitative estimate of drug-likeness (QED) is 0.576. The van der Waals surface area contributed by atoms with Crippen molar-refractivity contribution in [1.82, 2.24) is 0 Å². The van der Waals surface area contributed by atoms with Crippen molar-refractivity contribution in [2.75, 3.05) is 11.7 Å². The van der Waals surface area contributed by atoms with E-state index in [0.717, 1.165) is 5.56 Å². The molecule has 1 aromatic carbocycles. The Hall–Kier alpha value is -1.88. The minimum absolute atomic E-state index is 0.0877. The zero-order valence-electron chi connectivity index (χ0n) is 8.88. The van der Waals surface area contributed by atoms with E-state index < -0.39 is 0 Å². The summed E-state index contributed by atoms with van der Waals surface area (Å²) in [5.74, 6) is -0.233. The van der Waals surface area contributed by atoms with Crippen LogP contribution in [0.3, 0.4) is 0 Å². The Balaban J connectivity index is 2.17. The molecule has 0 aliphatic carbocycles. The molecule has 0 atom stereocenters. The maximum Gasteiger partial charge on any atom is 0.256 e. The van der Waals surface area contributed by atoms with E-state index in [1.165, 1.54) is 5.06 Å². The van der Waals surface area contributed by atoms with Gasteiger partial charge < -0.3 is 5.21 Å². The first kappa shape index (κ1) is 10.6. The van der Waals surface area contributed by atoms with E-state index in [-0.39, 0.29) is 18.9 Å². The van der Waals surface area contributed by atoms with Gasteiger partial charge in [0.1, 0.15) is 6.61 Å². The summed E-state index contributed by atoms with van der Waals surface area (Å²) in [4.78, 5) is 16.9. The maximum absolute atomic E-state index is 11.7. The average Bonchev–Trinajstić information content (AvgIpc) is 2.30. The number of carbonyl (C=O) groups is 1. The number of hydrogen-bond donors (Lipinski definition) is 1. The highest BCUT2D eigenvalue weighted by molar-refractivity contribution is 6.08. The third-order valence-electron chi connectivity index (χ3n) is 2.35. The van der Waals surface area contributed by atoms with Gasteiger partial charge >= 0.3 is 0 Å². The molecule has 1 fully saturated rings. The Kier molecular flexibility index (Phi) is 2.87. The molecule has 0 spiro atoms. The monoisotopic (exact) mass is 220 g/mol. The molecule has 0 saturated carbocycles. The second kappa shape index (κ2) is 4.32. The van der Waals surface area contributed by atoms with Crippen LogP contribution in [0.15, 0.2) is 29.4 Å².